The summed E-state index contributed by atoms with van der Waals surface area (Å²) < 4.78 is 0. The van der Waals surface area contributed by atoms with E-state index in [9.17, 15) is 4.79 Å². The number of H-pyrrole nitrogens is 1. The number of carbonyl (C=O) groups excluding carboxylic acids is 1. The molecule has 0 bridgehead atoms. The highest BCUT2D eigenvalue weighted by atomic mass is 16.1. The number of nitrogens with zero attached hydrogens (tertiary/aromatic N) is 1. The van der Waals surface area contributed by atoms with Crippen LogP contribution in [0.15, 0.2) is 0 Å². The quantitative estimate of drug-likeness (QED) is 0.862. The lowest BCUT2D eigenvalue weighted by atomic mass is 9.87. The van der Waals surface area contributed by atoms with Crippen LogP contribution >= 0.6 is 0 Å². The summed E-state index contributed by atoms with van der Waals surface area (Å²) in [6, 6.07) is 0. The van der Waals surface area contributed by atoms with Crippen molar-refractivity contribution in [1.82, 2.24) is 15.5 Å². The SMILES string of the molecule is Cc1n[nH]c(C)c1C(=O)NCCC1CCCCC1. The standard InChI is InChI=1S/C14H23N3O/c1-10-13(11(2)17-16-10)14(18)15-9-8-12-6-4-3-5-7-12/h12H,3-9H2,1-2H3,(H,15,18)(H,16,17). The molecule has 0 unspecified atom stereocenters. The van der Waals surface area contributed by atoms with Crippen molar-refractivity contribution in [2.24, 2.45) is 5.92 Å². The second-order valence-corrected chi connectivity index (χ2v) is 5.36. The van der Waals surface area contributed by atoms with Gasteiger partial charge in [0.05, 0.1) is 11.3 Å². The average molecular weight is 249 g/mol. The predicted molar refractivity (Wildman–Crippen MR) is 71.6 cm³/mol. The van der Waals surface area contributed by atoms with E-state index in [1.807, 2.05) is 13.8 Å². The Hall–Kier alpha value is -1.32. The summed E-state index contributed by atoms with van der Waals surface area (Å²) in [4.78, 5) is 12.0. The van der Waals surface area contributed by atoms with Crippen molar-refractivity contribution in [1.29, 1.82) is 0 Å². The van der Waals surface area contributed by atoms with Gasteiger partial charge in [0.25, 0.3) is 5.91 Å². The van der Waals surface area contributed by atoms with Gasteiger partial charge in [-0.25, -0.2) is 0 Å². The maximum absolute atomic E-state index is 12.0. The normalized spacial score (nSPS) is 16.8. The Balaban J connectivity index is 1.78. The molecule has 0 radical (unpaired) electrons. The topological polar surface area (TPSA) is 57.8 Å². The number of amides is 1. The van der Waals surface area contributed by atoms with Crippen LogP contribution < -0.4 is 5.32 Å². The summed E-state index contributed by atoms with van der Waals surface area (Å²) >= 11 is 0. The van der Waals surface area contributed by atoms with E-state index in [-0.39, 0.29) is 5.91 Å². The van der Waals surface area contributed by atoms with Crippen molar-refractivity contribution >= 4 is 5.91 Å². The van der Waals surface area contributed by atoms with Crippen molar-refractivity contribution in [2.45, 2.75) is 52.4 Å². The smallest absolute Gasteiger partial charge is 0.255 e. The van der Waals surface area contributed by atoms with Crippen LogP contribution in [0.2, 0.25) is 0 Å². The summed E-state index contributed by atoms with van der Waals surface area (Å²) in [6.07, 6.45) is 7.88. The van der Waals surface area contributed by atoms with E-state index in [0.29, 0.717) is 5.56 Å². The number of aromatic amines is 1. The second kappa shape index (κ2) is 6.03. The van der Waals surface area contributed by atoms with Crippen LogP contribution in [0.1, 0.15) is 60.3 Å². The van der Waals surface area contributed by atoms with Gasteiger partial charge >= 0.3 is 0 Å². The van der Waals surface area contributed by atoms with Gasteiger partial charge < -0.3 is 5.32 Å². The van der Waals surface area contributed by atoms with Crippen LogP contribution in [0.3, 0.4) is 0 Å². The molecule has 4 nitrogen and oxygen atoms in total. The van der Waals surface area contributed by atoms with E-state index in [1.54, 1.807) is 0 Å². The maximum atomic E-state index is 12.0. The highest BCUT2D eigenvalue weighted by molar-refractivity contribution is 5.96. The number of aryl methyl sites for hydroxylation is 2. The van der Waals surface area contributed by atoms with E-state index < -0.39 is 0 Å². The zero-order chi connectivity index (χ0) is 13.0. The molecule has 0 aliphatic heterocycles. The average Bonchev–Trinajstić information content (AvgIpc) is 2.70. The number of rotatable bonds is 4. The van der Waals surface area contributed by atoms with Gasteiger partial charge in [-0.05, 0) is 26.2 Å². The number of hydrogen-bond acceptors (Lipinski definition) is 2. The summed E-state index contributed by atoms with van der Waals surface area (Å²) in [6.45, 7) is 4.53. The number of nitrogens with one attached hydrogen (secondary N) is 2. The van der Waals surface area contributed by atoms with Crippen molar-refractivity contribution in [3.63, 3.8) is 0 Å². The van der Waals surface area contributed by atoms with Crippen LogP contribution in [0.5, 0.6) is 0 Å². The Labute approximate surface area is 109 Å². The lowest BCUT2D eigenvalue weighted by Crippen LogP contribution is -2.27. The highest BCUT2D eigenvalue weighted by Crippen LogP contribution is 2.25. The molecule has 1 heterocycles. The molecule has 1 amide bonds. The molecule has 18 heavy (non-hydrogen) atoms. The first-order valence-corrected chi connectivity index (χ1v) is 6.98. The fourth-order valence-electron chi connectivity index (χ4n) is 2.84. The third-order valence-corrected chi connectivity index (χ3v) is 3.92. The molecule has 1 aliphatic carbocycles. The Morgan fingerprint density at radius 2 is 2.06 bits per heavy atom. The number of hydrogen-bond donors (Lipinski definition) is 2. The summed E-state index contributed by atoms with van der Waals surface area (Å²) in [5.41, 5.74) is 2.34. The molecule has 100 valence electrons. The third kappa shape index (κ3) is 3.12. The third-order valence-electron chi connectivity index (χ3n) is 3.92. The van der Waals surface area contributed by atoms with Crippen molar-refractivity contribution in [3.05, 3.63) is 17.0 Å². The molecule has 0 atom stereocenters. The first-order chi connectivity index (χ1) is 8.68. The van der Waals surface area contributed by atoms with E-state index in [2.05, 4.69) is 15.5 Å². The van der Waals surface area contributed by atoms with E-state index >= 15 is 0 Å². The number of carbonyl (C=O) groups is 1. The van der Waals surface area contributed by atoms with Gasteiger partial charge in [0.1, 0.15) is 0 Å². The van der Waals surface area contributed by atoms with Gasteiger partial charge in [0.2, 0.25) is 0 Å². The van der Waals surface area contributed by atoms with Crippen LogP contribution in [0.25, 0.3) is 0 Å². The van der Waals surface area contributed by atoms with E-state index in [4.69, 9.17) is 0 Å². The monoisotopic (exact) mass is 249 g/mol. The fraction of sp³-hybridized carbons (Fsp3) is 0.714. The molecule has 1 fully saturated rings. The molecule has 0 spiro atoms. The van der Waals surface area contributed by atoms with Gasteiger partial charge in [-0.3, -0.25) is 9.89 Å². The molecule has 1 aromatic rings. The fourth-order valence-corrected chi connectivity index (χ4v) is 2.84. The van der Waals surface area contributed by atoms with Crippen LogP contribution in [0, 0.1) is 19.8 Å². The van der Waals surface area contributed by atoms with Gasteiger partial charge in [0.15, 0.2) is 0 Å². The Morgan fingerprint density at radius 3 is 2.67 bits per heavy atom. The molecule has 2 rings (SSSR count). The summed E-state index contributed by atoms with van der Waals surface area (Å²) in [5.74, 6) is 0.820. The molecule has 4 heteroatoms. The molecule has 2 N–H and O–H groups in total. The molecule has 1 saturated carbocycles. The maximum Gasteiger partial charge on any atom is 0.255 e. The predicted octanol–water partition coefficient (Wildman–Crippen LogP) is 2.73. The van der Waals surface area contributed by atoms with Crippen LogP contribution in [0.4, 0.5) is 0 Å². The van der Waals surface area contributed by atoms with Gasteiger partial charge in [-0.1, -0.05) is 32.1 Å². The first-order valence-electron chi connectivity index (χ1n) is 6.98. The summed E-state index contributed by atoms with van der Waals surface area (Å²) in [7, 11) is 0. The van der Waals surface area contributed by atoms with Crippen molar-refractivity contribution < 1.29 is 4.79 Å². The van der Waals surface area contributed by atoms with Crippen molar-refractivity contribution in [3.8, 4) is 0 Å². The minimum Gasteiger partial charge on any atom is -0.352 e. The Kier molecular flexibility index (Phi) is 4.39. The van der Waals surface area contributed by atoms with Crippen LogP contribution in [-0.4, -0.2) is 22.6 Å². The molecule has 0 aromatic carbocycles. The Bertz CT molecular complexity index is 386. The largest absolute Gasteiger partial charge is 0.352 e. The summed E-state index contributed by atoms with van der Waals surface area (Å²) in [5, 5.41) is 9.91. The van der Waals surface area contributed by atoms with Gasteiger partial charge in [-0.15, -0.1) is 0 Å². The zero-order valence-electron chi connectivity index (χ0n) is 11.4. The lowest BCUT2D eigenvalue weighted by Gasteiger charge is -2.21. The van der Waals surface area contributed by atoms with Crippen LogP contribution in [-0.2, 0) is 0 Å². The molecule has 1 aliphatic rings. The van der Waals surface area contributed by atoms with E-state index in [1.165, 1.54) is 32.1 Å². The molecule has 1 aromatic heterocycles. The lowest BCUT2D eigenvalue weighted by molar-refractivity contribution is 0.0949. The van der Waals surface area contributed by atoms with Gasteiger partial charge in [0, 0.05) is 12.2 Å². The van der Waals surface area contributed by atoms with Crippen molar-refractivity contribution in [2.75, 3.05) is 6.54 Å². The zero-order valence-corrected chi connectivity index (χ0v) is 11.4. The first kappa shape index (κ1) is 13.1. The van der Waals surface area contributed by atoms with Gasteiger partial charge in [-0.2, -0.15) is 5.10 Å². The highest BCUT2D eigenvalue weighted by Gasteiger charge is 2.16. The minimum atomic E-state index is 0.00885. The molecular formula is C14H23N3O. The second-order valence-electron chi connectivity index (χ2n) is 5.36. The van der Waals surface area contributed by atoms with E-state index in [0.717, 1.165) is 30.3 Å². The minimum absolute atomic E-state index is 0.00885. The number of aromatic nitrogens is 2. The Morgan fingerprint density at radius 1 is 1.33 bits per heavy atom. The molecule has 0 saturated heterocycles. The molecular weight excluding hydrogens is 226 g/mol.